The minimum absolute atomic E-state index is 1.14. The highest BCUT2D eigenvalue weighted by Gasteiger charge is 2.15. The van der Waals surface area contributed by atoms with Gasteiger partial charge < -0.3 is 9.80 Å². The molecule has 0 fully saturated rings. The van der Waals surface area contributed by atoms with Crippen molar-refractivity contribution >= 4 is 55.5 Å². The summed E-state index contributed by atoms with van der Waals surface area (Å²) in [6, 6.07) is 60.2. The molecule has 7 rings (SSSR count). The maximum absolute atomic E-state index is 2.31. The Bertz CT molecular complexity index is 1790. The van der Waals surface area contributed by atoms with Gasteiger partial charge in [-0.05, 0) is 89.8 Å². The predicted molar refractivity (Wildman–Crippen MR) is 177 cm³/mol. The van der Waals surface area contributed by atoms with Crippen molar-refractivity contribution in [2.24, 2.45) is 0 Å². The summed E-state index contributed by atoms with van der Waals surface area (Å²) in [7, 11) is 0. The predicted octanol–water partition coefficient (Wildman–Crippen LogP) is 11.5. The van der Waals surface area contributed by atoms with E-state index in [1.165, 1.54) is 20.5 Å². The fourth-order valence-electron chi connectivity index (χ4n) is 5.28. The average Bonchev–Trinajstić information content (AvgIpc) is 3.48. The Kier molecular flexibility index (Phi) is 6.78. The van der Waals surface area contributed by atoms with Crippen molar-refractivity contribution in [1.82, 2.24) is 0 Å². The number of para-hydroxylation sites is 4. The van der Waals surface area contributed by atoms with Crippen LogP contribution >= 0.6 is 11.3 Å². The van der Waals surface area contributed by atoms with E-state index in [0.717, 1.165) is 34.1 Å². The Morgan fingerprint density at radius 3 is 1.20 bits per heavy atom. The number of rotatable bonds is 7. The molecule has 0 aliphatic rings. The molecule has 0 N–H and O–H groups in total. The second-order valence-corrected chi connectivity index (χ2v) is 11.0. The standard InChI is InChI=1S/C38H28N2S/c1-5-13-31(14-6-1)39(32-15-7-2-8-16-32)35-24-21-29(22-25-35)37-27-30-23-26-36(28-38(30)41-37)40(33-17-9-3-10-18-33)34-19-11-4-12-20-34/h1-28H. The molecular formula is C38H28N2S. The van der Waals surface area contributed by atoms with Gasteiger partial charge in [0.1, 0.15) is 0 Å². The van der Waals surface area contributed by atoms with Crippen molar-refractivity contribution < 1.29 is 0 Å². The van der Waals surface area contributed by atoms with E-state index in [1.807, 2.05) is 11.3 Å². The molecule has 41 heavy (non-hydrogen) atoms. The SMILES string of the molecule is c1ccc(N(c2ccccc2)c2ccc(-c3cc4ccc(N(c5ccccc5)c5ccccc5)cc4s3)cc2)cc1. The first-order valence-corrected chi connectivity index (χ1v) is 14.6. The molecule has 0 aliphatic carbocycles. The van der Waals surface area contributed by atoms with Gasteiger partial charge in [-0.3, -0.25) is 0 Å². The minimum atomic E-state index is 1.14. The molecule has 0 saturated heterocycles. The summed E-state index contributed by atoms with van der Waals surface area (Å²) in [5.41, 5.74) is 8.08. The molecular weight excluding hydrogens is 516 g/mol. The van der Waals surface area contributed by atoms with Crippen LogP contribution in [0.15, 0.2) is 170 Å². The van der Waals surface area contributed by atoms with Crippen molar-refractivity contribution in [1.29, 1.82) is 0 Å². The Balaban J connectivity index is 1.23. The van der Waals surface area contributed by atoms with Crippen molar-refractivity contribution in [2.45, 2.75) is 0 Å². The molecule has 3 heteroatoms. The van der Waals surface area contributed by atoms with Gasteiger partial charge in [-0.25, -0.2) is 0 Å². The zero-order chi connectivity index (χ0) is 27.4. The summed E-state index contributed by atoms with van der Waals surface area (Å²) in [6.45, 7) is 0. The van der Waals surface area contributed by atoms with Crippen LogP contribution in [0.25, 0.3) is 20.5 Å². The quantitative estimate of drug-likeness (QED) is 0.197. The van der Waals surface area contributed by atoms with Crippen LogP contribution in [0, 0.1) is 0 Å². The van der Waals surface area contributed by atoms with Crippen LogP contribution < -0.4 is 9.80 Å². The smallest absolute Gasteiger partial charge is 0.0476 e. The maximum Gasteiger partial charge on any atom is 0.0476 e. The lowest BCUT2D eigenvalue weighted by atomic mass is 10.1. The van der Waals surface area contributed by atoms with Crippen LogP contribution in [-0.4, -0.2) is 0 Å². The number of fused-ring (bicyclic) bond motifs is 1. The zero-order valence-corrected chi connectivity index (χ0v) is 23.3. The van der Waals surface area contributed by atoms with Gasteiger partial charge in [0, 0.05) is 43.7 Å². The van der Waals surface area contributed by atoms with E-state index in [2.05, 4.69) is 180 Å². The van der Waals surface area contributed by atoms with Crippen LogP contribution in [0.3, 0.4) is 0 Å². The molecule has 0 aliphatic heterocycles. The molecule has 0 unspecified atom stereocenters. The van der Waals surface area contributed by atoms with Gasteiger partial charge in [-0.1, -0.05) is 91.0 Å². The number of hydrogen-bond donors (Lipinski definition) is 0. The first kappa shape index (κ1) is 24.9. The van der Waals surface area contributed by atoms with Gasteiger partial charge in [-0.2, -0.15) is 0 Å². The third-order valence-electron chi connectivity index (χ3n) is 7.23. The van der Waals surface area contributed by atoms with Crippen molar-refractivity contribution in [3.05, 3.63) is 170 Å². The highest BCUT2D eigenvalue weighted by Crippen LogP contribution is 2.41. The summed E-state index contributed by atoms with van der Waals surface area (Å²) in [5.74, 6) is 0. The van der Waals surface area contributed by atoms with Gasteiger partial charge in [-0.15, -0.1) is 11.3 Å². The fourth-order valence-corrected chi connectivity index (χ4v) is 6.38. The highest BCUT2D eigenvalue weighted by atomic mass is 32.1. The van der Waals surface area contributed by atoms with Crippen LogP contribution in [0.4, 0.5) is 34.1 Å². The van der Waals surface area contributed by atoms with Crippen molar-refractivity contribution in [2.75, 3.05) is 9.80 Å². The van der Waals surface area contributed by atoms with Gasteiger partial charge in [0.05, 0.1) is 0 Å². The number of thiophene rings is 1. The summed E-state index contributed by atoms with van der Waals surface area (Å²) in [6.07, 6.45) is 0. The van der Waals surface area contributed by atoms with Crippen LogP contribution in [0.1, 0.15) is 0 Å². The average molecular weight is 545 g/mol. The summed E-state index contributed by atoms with van der Waals surface area (Å²) in [5, 5.41) is 1.26. The van der Waals surface area contributed by atoms with Crippen molar-refractivity contribution in [3.8, 4) is 10.4 Å². The molecule has 6 aromatic carbocycles. The minimum Gasteiger partial charge on any atom is -0.311 e. The van der Waals surface area contributed by atoms with Gasteiger partial charge in [0.15, 0.2) is 0 Å². The molecule has 0 saturated carbocycles. The second kappa shape index (κ2) is 11.2. The zero-order valence-electron chi connectivity index (χ0n) is 22.5. The molecule has 7 aromatic rings. The largest absolute Gasteiger partial charge is 0.311 e. The highest BCUT2D eigenvalue weighted by molar-refractivity contribution is 7.22. The van der Waals surface area contributed by atoms with E-state index in [-0.39, 0.29) is 0 Å². The molecule has 0 bridgehead atoms. The lowest BCUT2D eigenvalue weighted by molar-refractivity contribution is 1.28. The Morgan fingerprint density at radius 2 is 0.732 bits per heavy atom. The second-order valence-electron chi connectivity index (χ2n) is 9.89. The molecule has 0 radical (unpaired) electrons. The summed E-state index contributed by atoms with van der Waals surface area (Å²) in [4.78, 5) is 5.87. The molecule has 0 amide bonds. The first-order valence-electron chi connectivity index (χ1n) is 13.8. The summed E-state index contributed by atoms with van der Waals surface area (Å²) >= 11 is 1.84. The number of nitrogens with zero attached hydrogens (tertiary/aromatic N) is 2. The molecule has 196 valence electrons. The summed E-state index contributed by atoms with van der Waals surface area (Å²) < 4.78 is 1.27. The van der Waals surface area contributed by atoms with Gasteiger partial charge >= 0.3 is 0 Å². The lowest BCUT2D eigenvalue weighted by Gasteiger charge is -2.25. The maximum atomic E-state index is 2.31. The normalized spacial score (nSPS) is 10.9. The van der Waals surface area contributed by atoms with E-state index < -0.39 is 0 Å². The van der Waals surface area contributed by atoms with Gasteiger partial charge in [0.2, 0.25) is 0 Å². The molecule has 0 spiro atoms. The molecule has 2 nitrogen and oxygen atoms in total. The number of hydrogen-bond acceptors (Lipinski definition) is 3. The lowest BCUT2D eigenvalue weighted by Crippen LogP contribution is -2.09. The van der Waals surface area contributed by atoms with Crippen LogP contribution in [0.5, 0.6) is 0 Å². The van der Waals surface area contributed by atoms with E-state index in [0.29, 0.717) is 0 Å². The molecule has 1 aromatic heterocycles. The Labute approximate surface area is 245 Å². The Morgan fingerprint density at radius 1 is 0.341 bits per heavy atom. The Hall–Kier alpha value is -5.12. The molecule has 1 heterocycles. The first-order chi connectivity index (χ1) is 20.3. The van der Waals surface area contributed by atoms with Crippen LogP contribution in [-0.2, 0) is 0 Å². The number of benzene rings is 6. The van der Waals surface area contributed by atoms with Crippen LogP contribution in [0.2, 0.25) is 0 Å². The monoisotopic (exact) mass is 544 g/mol. The van der Waals surface area contributed by atoms with Gasteiger partial charge in [0.25, 0.3) is 0 Å². The fraction of sp³-hybridized carbons (Fsp3) is 0. The van der Waals surface area contributed by atoms with Crippen molar-refractivity contribution in [3.63, 3.8) is 0 Å². The van der Waals surface area contributed by atoms with E-state index in [1.54, 1.807) is 0 Å². The third kappa shape index (κ3) is 5.11. The van der Waals surface area contributed by atoms with E-state index in [9.17, 15) is 0 Å². The molecule has 0 atom stereocenters. The van der Waals surface area contributed by atoms with E-state index >= 15 is 0 Å². The topological polar surface area (TPSA) is 6.48 Å². The third-order valence-corrected chi connectivity index (χ3v) is 8.38. The van der Waals surface area contributed by atoms with E-state index in [4.69, 9.17) is 0 Å². The number of anilines is 6.